The Labute approximate surface area is 180 Å². The summed E-state index contributed by atoms with van der Waals surface area (Å²) in [7, 11) is 0. The van der Waals surface area contributed by atoms with Gasteiger partial charge < -0.3 is 10.4 Å². The molecule has 1 aromatic heterocycles. The van der Waals surface area contributed by atoms with Crippen LogP contribution >= 0.6 is 23.2 Å². The van der Waals surface area contributed by atoms with Crippen LogP contribution in [-0.4, -0.2) is 27.8 Å². The predicted molar refractivity (Wildman–Crippen MR) is 104 cm³/mol. The molecule has 10 heteroatoms. The fourth-order valence-electron chi connectivity index (χ4n) is 3.56. The van der Waals surface area contributed by atoms with Crippen molar-refractivity contribution in [3.8, 4) is 0 Å². The third kappa shape index (κ3) is 4.87. The van der Waals surface area contributed by atoms with Crippen molar-refractivity contribution < 1.29 is 27.5 Å². The molecule has 0 bridgehead atoms. The van der Waals surface area contributed by atoms with Gasteiger partial charge >= 0.3 is 6.18 Å². The van der Waals surface area contributed by atoms with E-state index in [0.29, 0.717) is 11.6 Å². The molecule has 0 aliphatic heterocycles. The van der Waals surface area contributed by atoms with Crippen molar-refractivity contribution in [1.29, 1.82) is 0 Å². The number of pyridine rings is 1. The van der Waals surface area contributed by atoms with Gasteiger partial charge in [0.25, 0.3) is 5.91 Å². The van der Waals surface area contributed by atoms with Crippen molar-refractivity contribution in [3.63, 3.8) is 0 Å². The maximum absolute atomic E-state index is 13.7. The van der Waals surface area contributed by atoms with Gasteiger partial charge in [0.05, 0.1) is 22.2 Å². The van der Waals surface area contributed by atoms with E-state index in [-0.39, 0.29) is 35.7 Å². The van der Waals surface area contributed by atoms with E-state index in [1.165, 1.54) is 0 Å². The number of hydrogen-bond donors (Lipinski definition) is 2. The van der Waals surface area contributed by atoms with E-state index >= 15 is 0 Å². The van der Waals surface area contributed by atoms with Crippen LogP contribution < -0.4 is 5.32 Å². The van der Waals surface area contributed by atoms with Crippen LogP contribution in [-0.2, 0) is 6.18 Å². The molecule has 4 nitrogen and oxygen atoms in total. The monoisotopic (exact) mass is 464 g/mol. The Morgan fingerprint density at radius 3 is 2.43 bits per heavy atom. The molecule has 0 spiro atoms. The Bertz CT molecular complexity index is 931. The highest BCUT2D eigenvalue weighted by Gasteiger charge is 2.43. The largest absolute Gasteiger partial charge is 0.433 e. The lowest BCUT2D eigenvalue weighted by Gasteiger charge is -2.41. The van der Waals surface area contributed by atoms with Gasteiger partial charge in [-0.3, -0.25) is 9.78 Å². The molecule has 1 atom stereocenters. The Kier molecular flexibility index (Phi) is 6.60. The summed E-state index contributed by atoms with van der Waals surface area (Å²) in [6.07, 6.45) is -4.84. The smallest absolute Gasteiger partial charge is 0.387 e. The standard InChI is InChI=1S/C20H18Cl2F4N2O2/c21-14-4-2-1-3-12(14)17(19(30)7-5-11(23)6-8-19)28-18(29)13-9-16(20(24,25)26)27-10-15(13)22/h1-4,9-11,17,30H,5-8H2,(H,28,29)/t11-,17?,19-. The number of alkyl halides is 4. The first kappa shape index (κ1) is 22.8. The second-order valence-electron chi connectivity index (χ2n) is 7.25. The number of aliphatic hydroxyl groups is 1. The zero-order chi connectivity index (χ0) is 22.1. The van der Waals surface area contributed by atoms with E-state index in [9.17, 15) is 27.5 Å². The molecular weight excluding hydrogens is 447 g/mol. The normalized spacial score (nSPS) is 23.1. The molecular formula is C20H18Cl2F4N2O2. The zero-order valence-corrected chi connectivity index (χ0v) is 17.0. The van der Waals surface area contributed by atoms with Crippen molar-refractivity contribution in [1.82, 2.24) is 10.3 Å². The summed E-state index contributed by atoms with van der Waals surface area (Å²) >= 11 is 12.2. The van der Waals surface area contributed by atoms with Crippen molar-refractivity contribution in [2.24, 2.45) is 0 Å². The van der Waals surface area contributed by atoms with Crippen LogP contribution in [0.4, 0.5) is 17.6 Å². The topological polar surface area (TPSA) is 62.2 Å². The van der Waals surface area contributed by atoms with Gasteiger partial charge in [0.2, 0.25) is 0 Å². The van der Waals surface area contributed by atoms with Crippen LogP contribution in [0.2, 0.25) is 10.0 Å². The summed E-state index contributed by atoms with van der Waals surface area (Å²) in [5, 5.41) is 13.7. The highest BCUT2D eigenvalue weighted by Crippen LogP contribution is 2.41. The summed E-state index contributed by atoms with van der Waals surface area (Å²) in [4.78, 5) is 16.1. The number of hydrogen-bond acceptors (Lipinski definition) is 3. The first-order valence-corrected chi connectivity index (χ1v) is 9.91. The number of amides is 1. The lowest BCUT2D eigenvalue weighted by atomic mass is 9.76. The summed E-state index contributed by atoms with van der Waals surface area (Å²) in [5.74, 6) is -0.936. The summed E-state index contributed by atoms with van der Waals surface area (Å²) in [5.41, 5.74) is -2.88. The fraction of sp³-hybridized carbons (Fsp3) is 0.400. The highest BCUT2D eigenvalue weighted by molar-refractivity contribution is 6.33. The number of nitrogens with one attached hydrogen (secondary N) is 1. The van der Waals surface area contributed by atoms with Crippen molar-refractivity contribution >= 4 is 29.1 Å². The molecule has 1 saturated carbocycles. The van der Waals surface area contributed by atoms with Crippen LogP contribution in [0.1, 0.15) is 53.3 Å². The quantitative estimate of drug-likeness (QED) is 0.585. The Morgan fingerprint density at radius 1 is 1.20 bits per heavy atom. The van der Waals surface area contributed by atoms with Crippen molar-refractivity contribution in [3.05, 3.63) is 63.4 Å². The summed E-state index contributed by atoms with van der Waals surface area (Å²) in [6, 6.07) is 5.91. The molecule has 1 heterocycles. The van der Waals surface area contributed by atoms with E-state index in [4.69, 9.17) is 23.2 Å². The number of rotatable bonds is 4. The van der Waals surface area contributed by atoms with E-state index < -0.39 is 41.2 Å². The summed E-state index contributed by atoms with van der Waals surface area (Å²) < 4.78 is 52.7. The van der Waals surface area contributed by atoms with Gasteiger partial charge in [-0.15, -0.1) is 0 Å². The molecule has 1 fully saturated rings. The average molecular weight is 465 g/mol. The van der Waals surface area contributed by atoms with Gasteiger partial charge in [0.15, 0.2) is 0 Å². The molecule has 1 amide bonds. The van der Waals surface area contributed by atoms with Crippen LogP contribution in [0, 0.1) is 0 Å². The Morgan fingerprint density at radius 2 is 1.83 bits per heavy atom. The molecule has 2 aromatic rings. The van der Waals surface area contributed by atoms with E-state index in [2.05, 4.69) is 10.3 Å². The third-order valence-corrected chi connectivity index (χ3v) is 5.85. The first-order valence-electron chi connectivity index (χ1n) is 9.16. The molecule has 3 rings (SSSR count). The average Bonchev–Trinajstić information content (AvgIpc) is 2.68. The Hall–Kier alpha value is -1.90. The number of carbonyl (C=O) groups is 1. The van der Waals surface area contributed by atoms with Crippen LogP contribution in [0.15, 0.2) is 36.5 Å². The minimum absolute atomic E-state index is 0.0439. The van der Waals surface area contributed by atoms with E-state index in [1.807, 2.05) is 0 Å². The van der Waals surface area contributed by atoms with Crippen molar-refractivity contribution in [2.75, 3.05) is 0 Å². The first-order chi connectivity index (χ1) is 14.0. The van der Waals surface area contributed by atoms with Gasteiger partial charge in [-0.25, -0.2) is 4.39 Å². The van der Waals surface area contributed by atoms with Crippen LogP contribution in [0.5, 0.6) is 0 Å². The third-order valence-electron chi connectivity index (χ3n) is 5.20. The second kappa shape index (κ2) is 8.69. The lowest BCUT2D eigenvalue weighted by Crippen LogP contribution is -2.48. The number of nitrogens with zero attached hydrogens (tertiary/aromatic N) is 1. The maximum atomic E-state index is 13.7. The number of benzene rings is 1. The highest BCUT2D eigenvalue weighted by atomic mass is 35.5. The molecule has 1 aromatic carbocycles. The van der Waals surface area contributed by atoms with Gasteiger partial charge in [-0.05, 0) is 43.4 Å². The lowest BCUT2D eigenvalue weighted by molar-refractivity contribution is -0.141. The zero-order valence-electron chi connectivity index (χ0n) is 15.5. The summed E-state index contributed by atoms with van der Waals surface area (Å²) in [6.45, 7) is 0. The van der Waals surface area contributed by atoms with Gasteiger partial charge in [0.1, 0.15) is 11.9 Å². The number of halogens is 6. The molecule has 1 unspecified atom stereocenters. The van der Waals surface area contributed by atoms with Crippen LogP contribution in [0.25, 0.3) is 0 Å². The van der Waals surface area contributed by atoms with Gasteiger partial charge in [-0.1, -0.05) is 41.4 Å². The van der Waals surface area contributed by atoms with Gasteiger partial charge in [-0.2, -0.15) is 13.2 Å². The second-order valence-corrected chi connectivity index (χ2v) is 8.07. The molecule has 30 heavy (non-hydrogen) atoms. The molecule has 1 aliphatic rings. The SMILES string of the molecule is O=C(NC(c1ccccc1Cl)[C@]1(O)CC[C@H](F)CC1)c1cc(C(F)(F)F)ncc1Cl. The Balaban J connectivity index is 1.98. The minimum Gasteiger partial charge on any atom is -0.387 e. The number of aromatic nitrogens is 1. The molecule has 2 N–H and O–H groups in total. The molecule has 162 valence electrons. The predicted octanol–water partition coefficient (Wildman–Crippen LogP) is 5.52. The molecule has 1 aliphatic carbocycles. The van der Waals surface area contributed by atoms with Crippen molar-refractivity contribution in [2.45, 2.75) is 49.7 Å². The van der Waals surface area contributed by atoms with Gasteiger partial charge in [0, 0.05) is 11.2 Å². The van der Waals surface area contributed by atoms with E-state index in [0.717, 1.165) is 6.20 Å². The molecule has 0 saturated heterocycles. The molecule has 0 radical (unpaired) electrons. The maximum Gasteiger partial charge on any atom is 0.433 e. The van der Waals surface area contributed by atoms with Crippen LogP contribution in [0.3, 0.4) is 0 Å². The number of carbonyl (C=O) groups excluding carboxylic acids is 1. The fourth-order valence-corrected chi connectivity index (χ4v) is 3.99. The van der Waals surface area contributed by atoms with E-state index in [1.54, 1.807) is 24.3 Å². The minimum atomic E-state index is -4.76.